The topological polar surface area (TPSA) is 57.5 Å². The number of rotatable bonds is 2. The van der Waals surface area contributed by atoms with Gasteiger partial charge in [-0.05, 0) is 11.6 Å². The summed E-state index contributed by atoms with van der Waals surface area (Å²) in [6.45, 7) is 0. The van der Waals surface area contributed by atoms with Crippen LogP contribution in [0.1, 0.15) is 5.56 Å². The van der Waals surface area contributed by atoms with E-state index in [2.05, 4.69) is 36.4 Å². The molecule has 5 heteroatoms. The standard InChI is InChI=1S/C9H12Si.H3O3P/c10-8-4-7-9-5-2-1-3-6-9;1-4(2)3/h1-7H,8H2,10H3;4H,(H2,1,2,3). The Morgan fingerprint density at radius 3 is 2.21 bits per heavy atom. The molecule has 0 bridgehead atoms. The smallest absolute Gasteiger partial charge is 0.314 e. The van der Waals surface area contributed by atoms with Crippen molar-refractivity contribution in [2.24, 2.45) is 0 Å². The molecule has 0 amide bonds. The Morgan fingerprint density at radius 1 is 1.29 bits per heavy atom. The monoisotopic (exact) mass is 230 g/mol. The summed E-state index contributed by atoms with van der Waals surface area (Å²) in [5, 5.41) is 0. The van der Waals surface area contributed by atoms with Crippen LogP contribution in [0.3, 0.4) is 0 Å². The zero-order chi connectivity index (χ0) is 10.8. The Morgan fingerprint density at radius 2 is 1.79 bits per heavy atom. The molecule has 0 aromatic heterocycles. The zero-order valence-electron chi connectivity index (χ0n) is 8.05. The highest BCUT2D eigenvalue weighted by molar-refractivity contribution is 7.30. The summed E-state index contributed by atoms with van der Waals surface area (Å²) in [5.74, 6) is 0. The molecule has 0 fully saturated rings. The Bertz CT molecular complexity index is 283. The molecule has 1 aromatic rings. The molecule has 0 saturated carbocycles. The lowest BCUT2D eigenvalue weighted by Crippen LogP contribution is -1.67. The number of hydrogen-bond donors (Lipinski definition) is 2. The Kier molecular flexibility index (Phi) is 8.48. The molecule has 2 N–H and O–H groups in total. The van der Waals surface area contributed by atoms with Gasteiger partial charge in [0.1, 0.15) is 0 Å². The predicted molar refractivity (Wildman–Crippen MR) is 63.7 cm³/mol. The van der Waals surface area contributed by atoms with E-state index in [-0.39, 0.29) is 0 Å². The fraction of sp³-hybridized carbons (Fsp3) is 0.111. The van der Waals surface area contributed by atoms with E-state index < -0.39 is 8.25 Å². The maximum absolute atomic E-state index is 8.74. The zero-order valence-corrected chi connectivity index (χ0v) is 11.1. The molecule has 0 atom stereocenters. The van der Waals surface area contributed by atoms with Gasteiger partial charge < -0.3 is 9.79 Å². The minimum atomic E-state index is -3.13. The van der Waals surface area contributed by atoms with Gasteiger partial charge in [0.15, 0.2) is 0 Å². The summed E-state index contributed by atoms with van der Waals surface area (Å²) in [7, 11) is -1.87. The molecular formula is C9H15O3PSi. The first kappa shape index (κ1) is 13.3. The lowest BCUT2D eigenvalue weighted by molar-refractivity contribution is 0.405. The van der Waals surface area contributed by atoms with E-state index in [1.165, 1.54) is 21.9 Å². The van der Waals surface area contributed by atoms with Gasteiger partial charge >= 0.3 is 8.25 Å². The summed E-state index contributed by atoms with van der Waals surface area (Å²) in [4.78, 5) is 14.3. The van der Waals surface area contributed by atoms with Crippen molar-refractivity contribution in [3.05, 3.63) is 42.0 Å². The van der Waals surface area contributed by atoms with Gasteiger partial charge in [0, 0.05) is 10.2 Å². The second kappa shape index (κ2) is 8.90. The second-order valence-corrected chi connectivity index (χ2v) is 3.89. The fourth-order valence-electron chi connectivity index (χ4n) is 0.818. The van der Waals surface area contributed by atoms with E-state index in [1.807, 2.05) is 6.07 Å². The Labute approximate surface area is 87.5 Å². The minimum absolute atomic E-state index is 1.24. The molecule has 0 aliphatic heterocycles. The molecule has 14 heavy (non-hydrogen) atoms. The van der Waals surface area contributed by atoms with Gasteiger partial charge in [-0.25, -0.2) is 0 Å². The van der Waals surface area contributed by atoms with Crippen LogP contribution in [0.2, 0.25) is 6.04 Å². The highest BCUT2D eigenvalue weighted by Gasteiger charge is 1.79. The van der Waals surface area contributed by atoms with Crippen molar-refractivity contribution in [2.75, 3.05) is 0 Å². The van der Waals surface area contributed by atoms with Crippen LogP contribution < -0.4 is 0 Å². The van der Waals surface area contributed by atoms with E-state index in [1.54, 1.807) is 0 Å². The molecule has 1 aromatic carbocycles. The van der Waals surface area contributed by atoms with Crippen LogP contribution in [0.15, 0.2) is 36.4 Å². The molecule has 0 unspecified atom stereocenters. The molecule has 0 aliphatic rings. The maximum Gasteiger partial charge on any atom is 0.314 e. The highest BCUT2D eigenvalue weighted by atomic mass is 31.1. The summed E-state index contributed by atoms with van der Waals surface area (Å²) in [5.41, 5.74) is 1.30. The Balaban J connectivity index is 0.000000364. The van der Waals surface area contributed by atoms with E-state index in [0.29, 0.717) is 0 Å². The van der Waals surface area contributed by atoms with Crippen molar-refractivity contribution < 1.29 is 14.4 Å². The summed E-state index contributed by atoms with van der Waals surface area (Å²) in [6, 6.07) is 11.6. The summed E-state index contributed by atoms with van der Waals surface area (Å²) < 4.78 is 8.74. The lowest BCUT2D eigenvalue weighted by Gasteiger charge is -1.88. The molecule has 0 heterocycles. The normalized spacial score (nSPS) is 10.2. The average Bonchev–Trinajstić information content (AvgIpc) is 2.15. The van der Waals surface area contributed by atoms with Crippen molar-refractivity contribution >= 4 is 24.6 Å². The van der Waals surface area contributed by atoms with E-state index >= 15 is 0 Å². The molecule has 0 spiro atoms. The molecule has 0 saturated heterocycles. The van der Waals surface area contributed by atoms with Gasteiger partial charge in [0.2, 0.25) is 0 Å². The van der Waals surface area contributed by atoms with Gasteiger partial charge in [-0.3, -0.25) is 4.57 Å². The van der Waals surface area contributed by atoms with Crippen LogP contribution in [0.5, 0.6) is 0 Å². The molecule has 0 radical (unpaired) electrons. The third-order valence-corrected chi connectivity index (χ3v) is 1.82. The minimum Gasteiger partial charge on any atom is -0.326 e. The molecule has 1 rings (SSSR count). The van der Waals surface area contributed by atoms with Gasteiger partial charge in [-0.2, -0.15) is 0 Å². The van der Waals surface area contributed by atoms with Gasteiger partial charge in [-0.1, -0.05) is 42.5 Å². The molecule has 0 aliphatic carbocycles. The first-order chi connectivity index (χ1) is 6.66. The second-order valence-electron chi connectivity index (χ2n) is 2.50. The van der Waals surface area contributed by atoms with Crippen LogP contribution in [0.4, 0.5) is 0 Å². The fourth-order valence-corrected chi connectivity index (χ4v) is 1.05. The van der Waals surface area contributed by atoms with Gasteiger partial charge in [-0.15, -0.1) is 0 Å². The first-order valence-corrected chi connectivity index (χ1v) is 7.02. The van der Waals surface area contributed by atoms with E-state index in [9.17, 15) is 0 Å². The molecule has 78 valence electrons. The largest absolute Gasteiger partial charge is 0.326 e. The van der Waals surface area contributed by atoms with Crippen LogP contribution in [-0.2, 0) is 4.57 Å². The van der Waals surface area contributed by atoms with Crippen molar-refractivity contribution in [2.45, 2.75) is 6.04 Å². The van der Waals surface area contributed by atoms with E-state index in [0.717, 1.165) is 0 Å². The average molecular weight is 230 g/mol. The van der Waals surface area contributed by atoms with Crippen LogP contribution in [-0.4, -0.2) is 20.0 Å². The maximum atomic E-state index is 8.74. The van der Waals surface area contributed by atoms with Crippen molar-refractivity contribution in [1.29, 1.82) is 0 Å². The first-order valence-electron chi connectivity index (χ1n) is 4.30. The van der Waals surface area contributed by atoms with Crippen LogP contribution in [0.25, 0.3) is 6.08 Å². The van der Waals surface area contributed by atoms with Crippen molar-refractivity contribution in [3.8, 4) is 0 Å². The van der Waals surface area contributed by atoms with Crippen molar-refractivity contribution in [3.63, 3.8) is 0 Å². The summed E-state index contributed by atoms with van der Waals surface area (Å²) >= 11 is 0. The van der Waals surface area contributed by atoms with Crippen LogP contribution in [0, 0.1) is 0 Å². The number of hydrogen-bond acceptors (Lipinski definition) is 1. The SMILES string of the molecule is O=[PH](O)O.[SiH3]CC=Cc1ccccc1. The highest BCUT2D eigenvalue weighted by Crippen LogP contribution is 2.00. The third-order valence-electron chi connectivity index (χ3n) is 1.35. The molecule has 3 nitrogen and oxygen atoms in total. The quantitative estimate of drug-likeness (QED) is 0.585. The number of benzene rings is 1. The number of allylic oxidation sites excluding steroid dienone is 1. The third kappa shape index (κ3) is 9.42. The Hall–Kier alpha value is -0.673. The molecular weight excluding hydrogens is 215 g/mol. The summed E-state index contributed by atoms with van der Waals surface area (Å²) in [6.07, 6.45) is 4.40. The lowest BCUT2D eigenvalue weighted by atomic mass is 10.2. The van der Waals surface area contributed by atoms with Crippen molar-refractivity contribution in [1.82, 2.24) is 0 Å². The van der Waals surface area contributed by atoms with Gasteiger partial charge in [0.25, 0.3) is 0 Å². The van der Waals surface area contributed by atoms with Gasteiger partial charge in [0.05, 0.1) is 0 Å². The van der Waals surface area contributed by atoms with E-state index in [4.69, 9.17) is 14.4 Å². The predicted octanol–water partition coefficient (Wildman–Crippen LogP) is 0.844. The van der Waals surface area contributed by atoms with Crippen LogP contribution >= 0.6 is 8.25 Å².